The van der Waals surface area contributed by atoms with Gasteiger partial charge in [-0.3, -0.25) is 0 Å². The molecule has 2 rings (SSSR count). The van der Waals surface area contributed by atoms with E-state index in [1.54, 1.807) is 6.07 Å². The standard InChI is InChI=1S/C13H7FN2O3/c14-9-1-3-10(4-2-9)19-12-11(13(17)18)5-8(6-15)7-16-12/h1-5,7H,(H,17,18). The Morgan fingerprint density at radius 3 is 2.63 bits per heavy atom. The zero-order valence-electron chi connectivity index (χ0n) is 9.50. The lowest BCUT2D eigenvalue weighted by Crippen LogP contribution is -2.02. The molecule has 0 radical (unpaired) electrons. The van der Waals surface area contributed by atoms with Crippen molar-refractivity contribution in [1.82, 2.24) is 4.98 Å². The number of rotatable bonds is 3. The molecule has 0 aliphatic heterocycles. The van der Waals surface area contributed by atoms with Gasteiger partial charge in [-0.1, -0.05) is 0 Å². The zero-order valence-corrected chi connectivity index (χ0v) is 9.50. The fourth-order valence-corrected chi connectivity index (χ4v) is 1.36. The summed E-state index contributed by atoms with van der Waals surface area (Å²) in [4.78, 5) is 14.8. The van der Waals surface area contributed by atoms with Crippen molar-refractivity contribution in [2.45, 2.75) is 0 Å². The van der Waals surface area contributed by atoms with Crippen molar-refractivity contribution < 1.29 is 19.0 Å². The molecule has 0 saturated heterocycles. The Bertz CT molecular complexity index is 663. The summed E-state index contributed by atoms with van der Waals surface area (Å²) in [6.45, 7) is 0. The van der Waals surface area contributed by atoms with E-state index in [1.165, 1.54) is 30.5 Å². The smallest absolute Gasteiger partial charge is 0.341 e. The SMILES string of the molecule is N#Cc1cnc(Oc2ccc(F)cc2)c(C(=O)O)c1. The average molecular weight is 258 g/mol. The quantitative estimate of drug-likeness (QED) is 0.914. The summed E-state index contributed by atoms with van der Waals surface area (Å²) in [5.74, 6) is -1.60. The molecule has 0 aliphatic rings. The molecule has 0 aliphatic carbocycles. The molecule has 0 bridgehead atoms. The second-order valence-corrected chi connectivity index (χ2v) is 3.55. The van der Waals surface area contributed by atoms with Crippen LogP contribution in [0, 0.1) is 17.1 Å². The molecule has 94 valence electrons. The van der Waals surface area contributed by atoms with E-state index < -0.39 is 11.8 Å². The van der Waals surface area contributed by atoms with Gasteiger partial charge in [0.05, 0.1) is 5.56 Å². The second kappa shape index (κ2) is 5.14. The minimum Gasteiger partial charge on any atom is -0.477 e. The third-order valence-electron chi connectivity index (χ3n) is 2.24. The van der Waals surface area contributed by atoms with Crippen LogP contribution in [0.4, 0.5) is 4.39 Å². The van der Waals surface area contributed by atoms with Gasteiger partial charge in [0.25, 0.3) is 0 Å². The lowest BCUT2D eigenvalue weighted by atomic mass is 10.2. The highest BCUT2D eigenvalue weighted by molar-refractivity contribution is 5.90. The van der Waals surface area contributed by atoms with Crippen LogP contribution in [0.5, 0.6) is 11.6 Å². The summed E-state index contributed by atoms with van der Waals surface area (Å²) in [5.41, 5.74) is -0.118. The maximum absolute atomic E-state index is 12.7. The van der Waals surface area contributed by atoms with Gasteiger partial charge >= 0.3 is 5.97 Å². The first-order valence-electron chi connectivity index (χ1n) is 5.17. The Morgan fingerprint density at radius 2 is 2.05 bits per heavy atom. The van der Waals surface area contributed by atoms with E-state index >= 15 is 0 Å². The highest BCUT2D eigenvalue weighted by atomic mass is 19.1. The molecule has 0 unspecified atom stereocenters. The average Bonchev–Trinajstić information content (AvgIpc) is 2.41. The van der Waals surface area contributed by atoms with E-state index in [0.717, 1.165) is 6.07 Å². The summed E-state index contributed by atoms with van der Waals surface area (Å²) in [6.07, 6.45) is 1.20. The van der Waals surface area contributed by atoms with Gasteiger partial charge in [-0.25, -0.2) is 14.2 Å². The van der Waals surface area contributed by atoms with Crippen LogP contribution in [0.3, 0.4) is 0 Å². The van der Waals surface area contributed by atoms with E-state index in [9.17, 15) is 9.18 Å². The van der Waals surface area contributed by atoms with Gasteiger partial charge in [-0.15, -0.1) is 0 Å². The van der Waals surface area contributed by atoms with Gasteiger partial charge in [0.1, 0.15) is 23.2 Å². The largest absolute Gasteiger partial charge is 0.477 e. The summed E-state index contributed by atoms with van der Waals surface area (Å²) in [7, 11) is 0. The molecule has 0 fully saturated rings. The summed E-state index contributed by atoms with van der Waals surface area (Å²) in [6, 6.07) is 8.01. The van der Waals surface area contributed by atoms with Crippen LogP contribution in [-0.2, 0) is 0 Å². The lowest BCUT2D eigenvalue weighted by molar-refractivity contribution is 0.0693. The molecule has 0 saturated carbocycles. The molecule has 1 aromatic carbocycles. The monoisotopic (exact) mass is 258 g/mol. The molecule has 0 amide bonds. The molecule has 0 atom stereocenters. The van der Waals surface area contributed by atoms with Gasteiger partial charge in [0.2, 0.25) is 5.88 Å². The molecule has 2 aromatic rings. The van der Waals surface area contributed by atoms with Crippen LogP contribution in [0.2, 0.25) is 0 Å². The maximum atomic E-state index is 12.7. The van der Waals surface area contributed by atoms with E-state index in [-0.39, 0.29) is 22.8 Å². The van der Waals surface area contributed by atoms with Crippen molar-refractivity contribution in [2.24, 2.45) is 0 Å². The summed E-state index contributed by atoms with van der Waals surface area (Å²) in [5, 5.41) is 17.7. The maximum Gasteiger partial charge on any atom is 0.341 e. The molecule has 1 heterocycles. The highest BCUT2D eigenvalue weighted by Crippen LogP contribution is 2.23. The van der Waals surface area contributed by atoms with Crippen LogP contribution >= 0.6 is 0 Å². The van der Waals surface area contributed by atoms with Crippen LogP contribution in [0.15, 0.2) is 36.5 Å². The number of nitriles is 1. The molecule has 1 N–H and O–H groups in total. The minimum absolute atomic E-state index is 0.115. The molecule has 0 spiro atoms. The lowest BCUT2D eigenvalue weighted by Gasteiger charge is -2.07. The number of hydrogen-bond donors (Lipinski definition) is 1. The predicted molar refractivity (Wildman–Crippen MR) is 62.4 cm³/mol. The summed E-state index contributed by atoms with van der Waals surface area (Å²) >= 11 is 0. The number of pyridine rings is 1. The van der Waals surface area contributed by atoms with Gasteiger partial charge in [0, 0.05) is 6.20 Å². The van der Waals surface area contributed by atoms with Gasteiger partial charge in [0.15, 0.2) is 0 Å². The van der Waals surface area contributed by atoms with Crippen molar-refractivity contribution in [2.75, 3.05) is 0 Å². The number of carbonyl (C=O) groups is 1. The Morgan fingerprint density at radius 1 is 1.37 bits per heavy atom. The van der Waals surface area contributed by atoms with Gasteiger partial charge in [-0.2, -0.15) is 5.26 Å². The molecular weight excluding hydrogens is 251 g/mol. The van der Waals surface area contributed by atoms with Crippen LogP contribution in [0.1, 0.15) is 15.9 Å². The Kier molecular flexibility index (Phi) is 3.39. The normalized spacial score (nSPS) is 9.68. The molecule has 5 nitrogen and oxygen atoms in total. The van der Waals surface area contributed by atoms with Crippen molar-refractivity contribution in [3.05, 3.63) is 53.5 Å². The van der Waals surface area contributed by atoms with Crippen LogP contribution < -0.4 is 4.74 Å². The third-order valence-corrected chi connectivity index (χ3v) is 2.24. The highest BCUT2D eigenvalue weighted by Gasteiger charge is 2.14. The number of hydrogen-bond acceptors (Lipinski definition) is 4. The first-order chi connectivity index (χ1) is 9.10. The molecule has 19 heavy (non-hydrogen) atoms. The summed E-state index contributed by atoms with van der Waals surface area (Å²) < 4.78 is 18.0. The van der Waals surface area contributed by atoms with Crippen molar-refractivity contribution in [1.29, 1.82) is 5.26 Å². The van der Waals surface area contributed by atoms with Crippen molar-refractivity contribution in [3.8, 4) is 17.7 Å². The Hall–Kier alpha value is -2.94. The number of aromatic nitrogens is 1. The van der Waals surface area contributed by atoms with E-state index in [2.05, 4.69) is 4.98 Å². The van der Waals surface area contributed by atoms with Crippen LogP contribution in [0.25, 0.3) is 0 Å². The van der Waals surface area contributed by atoms with E-state index in [1.807, 2.05) is 0 Å². The number of halogens is 1. The Labute approximate surface area is 107 Å². The Balaban J connectivity index is 2.37. The molecular formula is C13H7FN2O3. The number of carboxylic acids is 1. The topological polar surface area (TPSA) is 83.2 Å². The number of benzene rings is 1. The van der Waals surface area contributed by atoms with E-state index in [4.69, 9.17) is 15.1 Å². The van der Waals surface area contributed by atoms with Gasteiger partial charge in [-0.05, 0) is 30.3 Å². The first kappa shape index (κ1) is 12.5. The fourth-order valence-electron chi connectivity index (χ4n) is 1.36. The number of ether oxygens (including phenoxy) is 1. The van der Waals surface area contributed by atoms with Crippen LogP contribution in [-0.4, -0.2) is 16.1 Å². The third kappa shape index (κ3) is 2.84. The molecule has 6 heteroatoms. The number of aromatic carboxylic acids is 1. The second-order valence-electron chi connectivity index (χ2n) is 3.55. The van der Waals surface area contributed by atoms with Crippen molar-refractivity contribution in [3.63, 3.8) is 0 Å². The van der Waals surface area contributed by atoms with Crippen molar-refractivity contribution >= 4 is 5.97 Å². The van der Waals surface area contributed by atoms with Gasteiger partial charge < -0.3 is 9.84 Å². The first-order valence-corrected chi connectivity index (χ1v) is 5.17. The minimum atomic E-state index is -1.26. The predicted octanol–water partition coefficient (Wildman–Crippen LogP) is 2.58. The zero-order chi connectivity index (χ0) is 13.8. The number of carboxylic acid groups (broad SMARTS) is 1. The fraction of sp³-hybridized carbons (Fsp3) is 0. The number of nitrogens with zero attached hydrogens (tertiary/aromatic N) is 2. The van der Waals surface area contributed by atoms with E-state index in [0.29, 0.717) is 0 Å². The molecule has 1 aromatic heterocycles.